The first-order valence-electron chi connectivity index (χ1n) is 6.29. The van der Waals surface area contributed by atoms with Gasteiger partial charge < -0.3 is 4.90 Å². The van der Waals surface area contributed by atoms with Crippen LogP contribution >= 0.6 is 0 Å². The summed E-state index contributed by atoms with van der Waals surface area (Å²) in [7, 11) is 0. The van der Waals surface area contributed by atoms with Crippen LogP contribution in [0.5, 0.6) is 0 Å². The van der Waals surface area contributed by atoms with Gasteiger partial charge in [-0.2, -0.15) is 0 Å². The molecule has 1 heterocycles. The van der Waals surface area contributed by atoms with Crippen molar-refractivity contribution in [2.45, 2.75) is 40.0 Å². The van der Waals surface area contributed by atoms with E-state index in [1.165, 1.54) is 19.3 Å². The fraction of sp³-hybridized carbons (Fsp3) is 0.643. The van der Waals surface area contributed by atoms with Gasteiger partial charge in [0.1, 0.15) is 5.82 Å². The van der Waals surface area contributed by atoms with Crippen molar-refractivity contribution in [3.63, 3.8) is 0 Å². The number of allylic oxidation sites excluding steroid dienone is 2. The van der Waals surface area contributed by atoms with Crippen molar-refractivity contribution in [3.8, 4) is 0 Å². The van der Waals surface area contributed by atoms with E-state index in [0.29, 0.717) is 0 Å². The number of nitrogens with zero attached hydrogens (tertiary/aromatic N) is 2. The second-order valence-corrected chi connectivity index (χ2v) is 4.56. The Morgan fingerprint density at radius 3 is 2.94 bits per heavy atom. The molecule has 1 atom stereocenters. The first-order chi connectivity index (χ1) is 7.67. The molecule has 0 aromatic heterocycles. The van der Waals surface area contributed by atoms with Crippen LogP contribution < -0.4 is 0 Å². The lowest BCUT2D eigenvalue weighted by Gasteiger charge is -2.18. The zero-order chi connectivity index (χ0) is 12.0. The molecule has 0 N–H and O–H groups in total. The van der Waals surface area contributed by atoms with Crippen LogP contribution in [0.3, 0.4) is 0 Å². The molecule has 1 rings (SSSR count). The molecule has 16 heavy (non-hydrogen) atoms. The fourth-order valence-electron chi connectivity index (χ4n) is 2.26. The van der Waals surface area contributed by atoms with Gasteiger partial charge in [0.15, 0.2) is 0 Å². The van der Waals surface area contributed by atoms with Gasteiger partial charge in [0.05, 0.1) is 0 Å². The van der Waals surface area contributed by atoms with Gasteiger partial charge in [-0.3, -0.25) is 0 Å². The molecular weight excluding hydrogens is 196 g/mol. The molecule has 0 aliphatic carbocycles. The van der Waals surface area contributed by atoms with Crippen molar-refractivity contribution in [1.29, 1.82) is 0 Å². The summed E-state index contributed by atoms with van der Waals surface area (Å²) in [4.78, 5) is 6.82. The van der Waals surface area contributed by atoms with Gasteiger partial charge in [0.25, 0.3) is 0 Å². The summed E-state index contributed by atoms with van der Waals surface area (Å²) in [6.45, 7) is 12.6. The molecule has 2 nitrogen and oxygen atoms in total. The topological polar surface area (TPSA) is 15.6 Å². The monoisotopic (exact) mass is 220 g/mol. The maximum absolute atomic E-state index is 4.50. The largest absolute Gasteiger partial charge is 0.357 e. The van der Waals surface area contributed by atoms with Crippen LogP contribution in [-0.2, 0) is 0 Å². The number of hydrogen-bond donors (Lipinski definition) is 0. The fourth-order valence-corrected chi connectivity index (χ4v) is 2.26. The summed E-state index contributed by atoms with van der Waals surface area (Å²) < 4.78 is 0. The van der Waals surface area contributed by atoms with E-state index in [1.807, 2.05) is 26.0 Å². The minimum Gasteiger partial charge on any atom is -0.357 e. The Morgan fingerprint density at radius 2 is 2.31 bits per heavy atom. The van der Waals surface area contributed by atoms with E-state index in [2.05, 4.69) is 23.4 Å². The third-order valence-corrected chi connectivity index (χ3v) is 3.06. The Balaban J connectivity index is 2.48. The van der Waals surface area contributed by atoms with Crippen molar-refractivity contribution in [3.05, 3.63) is 24.6 Å². The standard InChI is InChI=1S/C14H24N2/c1-5-7-12(3)15-13(4)16-10-9-14(11-16)8-6-2/h5,7,14H,4,6,8-11H2,1-3H3/b7-5-,15-12-/t14-/m1/s1. The first-order valence-corrected chi connectivity index (χ1v) is 6.29. The molecule has 1 aliphatic heterocycles. The molecule has 0 aromatic rings. The van der Waals surface area contributed by atoms with Crippen molar-refractivity contribution < 1.29 is 0 Å². The van der Waals surface area contributed by atoms with E-state index in [0.717, 1.165) is 30.5 Å². The maximum atomic E-state index is 4.50. The quantitative estimate of drug-likeness (QED) is 0.646. The van der Waals surface area contributed by atoms with Gasteiger partial charge in [-0.05, 0) is 38.7 Å². The second-order valence-electron chi connectivity index (χ2n) is 4.56. The molecule has 0 radical (unpaired) electrons. The van der Waals surface area contributed by atoms with Crippen molar-refractivity contribution >= 4 is 5.71 Å². The Hall–Kier alpha value is -1.05. The molecular formula is C14H24N2. The van der Waals surface area contributed by atoms with E-state index in [9.17, 15) is 0 Å². The number of aliphatic imine (C=N–C) groups is 1. The predicted molar refractivity (Wildman–Crippen MR) is 71.7 cm³/mol. The van der Waals surface area contributed by atoms with E-state index in [4.69, 9.17) is 0 Å². The number of rotatable bonds is 5. The van der Waals surface area contributed by atoms with Crippen LogP contribution in [0.2, 0.25) is 0 Å². The van der Waals surface area contributed by atoms with Crippen molar-refractivity contribution in [2.75, 3.05) is 13.1 Å². The van der Waals surface area contributed by atoms with Gasteiger partial charge in [-0.1, -0.05) is 26.0 Å². The Morgan fingerprint density at radius 1 is 1.56 bits per heavy atom. The molecule has 1 aliphatic rings. The lowest BCUT2D eigenvalue weighted by Crippen LogP contribution is -2.18. The van der Waals surface area contributed by atoms with Gasteiger partial charge in [-0.25, -0.2) is 4.99 Å². The molecule has 1 saturated heterocycles. The van der Waals surface area contributed by atoms with Crippen LogP contribution in [-0.4, -0.2) is 23.7 Å². The molecule has 90 valence electrons. The van der Waals surface area contributed by atoms with E-state index >= 15 is 0 Å². The van der Waals surface area contributed by atoms with Crippen LogP contribution in [0, 0.1) is 5.92 Å². The highest BCUT2D eigenvalue weighted by Crippen LogP contribution is 2.23. The Labute approximate surface area is 99.8 Å². The summed E-state index contributed by atoms with van der Waals surface area (Å²) in [6, 6.07) is 0. The highest BCUT2D eigenvalue weighted by molar-refractivity contribution is 5.93. The highest BCUT2D eigenvalue weighted by Gasteiger charge is 2.22. The van der Waals surface area contributed by atoms with Gasteiger partial charge >= 0.3 is 0 Å². The predicted octanol–water partition coefficient (Wildman–Crippen LogP) is 3.62. The highest BCUT2D eigenvalue weighted by atomic mass is 15.2. The van der Waals surface area contributed by atoms with Gasteiger partial charge in [0.2, 0.25) is 0 Å². The minimum absolute atomic E-state index is 0.846. The van der Waals surface area contributed by atoms with Crippen LogP contribution in [0.1, 0.15) is 40.0 Å². The SMILES string of the molecule is C=C(/N=C(C)\C=C/C)N1CC[C@@H](CCC)C1. The number of likely N-dealkylation sites (tertiary alicyclic amines) is 1. The molecule has 2 heteroatoms. The lowest BCUT2D eigenvalue weighted by molar-refractivity contribution is 0.393. The third kappa shape index (κ3) is 3.84. The summed E-state index contributed by atoms with van der Waals surface area (Å²) in [5.41, 5.74) is 1.03. The smallest absolute Gasteiger partial charge is 0.121 e. The molecule has 0 saturated carbocycles. The number of hydrogen-bond acceptors (Lipinski definition) is 2. The van der Waals surface area contributed by atoms with Crippen LogP contribution in [0.15, 0.2) is 29.5 Å². The average Bonchev–Trinajstić information content (AvgIpc) is 2.67. The summed E-state index contributed by atoms with van der Waals surface area (Å²) in [5, 5.41) is 0. The maximum Gasteiger partial charge on any atom is 0.121 e. The van der Waals surface area contributed by atoms with Gasteiger partial charge in [0, 0.05) is 18.8 Å². The van der Waals surface area contributed by atoms with E-state index < -0.39 is 0 Å². The van der Waals surface area contributed by atoms with Crippen molar-refractivity contribution in [1.82, 2.24) is 4.90 Å². The van der Waals surface area contributed by atoms with Crippen LogP contribution in [0.4, 0.5) is 0 Å². The lowest BCUT2D eigenvalue weighted by atomic mass is 10.0. The molecule has 0 unspecified atom stereocenters. The summed E-state index contributed by atoms with van der Waals surface area (Å²) in [6.07, 6.45) is 7.94. The van der Waals surface area contributed by atoms with E-state index in [1.54, 1.807) is 0 Å². The third-order valence-electron chi connectivity index (χ3n) is 3.06. The van der Waals surface area contributed by atoms with E-state index in [-0.39, 0.29) is 0 Å². The Bertz CT molecular complexity index is 289. The van der Waals surface area contributed by atoms with Crippen molar-refractivity contribution in [2.24, 2.45) is 10.9 Å². The minimum atomic E-state index is 0.846. The zero-order valence-electron chi connectivity index (χ0n) is 10.9. The summed E-state index contributed by atoms with van der Waals surface area (Å²) in [5.74, 6) is 1.77. The molecule has 0 amide bonds. The molecule has 0 aromatic carbocycles. The Kier molecular flexibility index (Phi) is 5.30. The molecule has 0 bridgehead atoms. The normalized spacial score (nSPS) is 22.1. The molecule has 1 fully saturated rings. The first kappa shape index (κ1) is 13.0. The zero-order valence-corrected chi connectivity index (χ0v) is 10.9. The second kappa shape index (κ2) is 6.51. The average molecular weight is 220 g/mol. The van der Waals surface area contributed by atoms with Crippen LogP contribution in [0.25, 0.3) is 0 Å². The summed E-state index contributed by atoms with van der Waals surface area (Å²) >= 11 is 0. The molecule has 0 spiro atoms. The van der Waals surface area contributed by atoms with Gasteiger partial charge in [-0.15, -0.1) is 0 Å².